The quantitative estimate of drug-likeness (QED) is 0.837. The van der Waals surface area contributed by atoms with Crippen molar-refractivity contribution < 1.29 is 18.0 Å². The third-order valence-corrected chi connectivity index (χ3v) is 3.82. The van der Waals surface area contributed by atoms with Crippen LogP contribution in [0.2, 0.25) is 0 Å². The number of alkyl halides is 3. The molecule has 1 fully saturated rings. The summed E-state index contributed by atoms with van der Waals surface area (Å²) in [6.45, 7) is 2.60. The molecule has 0 saturated carbocycles. The fraction of sp³-hybridized carbons (Fsp3) is 0.600. The number of aromatic nitrogens is 1. The zero-order valence-electron chi connectivity index (χ0n) is 12.5. The van der Waals surface area contributed by atoms with Crippen LogP contribution in [0.4, 0.5) is 13.2 Å². The number of hydrogen-bond acceptors (Lipinski definition) is 3. The van der Waals surface area contributed by atoms with Gasteiger partial charge in [-0.2, -0.15) is 13.2 Å². The van der Waals surface area contributed by atoms with Gasteiger partial charge in [-0.25, -0.2) is 0 Å². The Balaban J connectivity index is 1.88. The zero-order chi connectivity index (χ0) is 16.2. The molecular weight excluding hydrogens is 295 g/mol. The second kappa shape index (κ2) is 7.09. The molecule has 22 heavy (non-hydrogen) atoms. The number of pyridine rings is 1. The van der Waals surface area contributed by atoms with E-state index in [9.17, 15) is 18.0 Å². The molecule has 0 bridgehead atoms. The molecule has 1 aliphatic rings. The average molecular weight is 315 g/mol. The summed E-state index contributed by atoms with van der Waals surface area (Å²) in [6, 6.07) is 5.13. The predicted octanol–water partition coefficient (Wildman–Crippen LogP) is 2.43. The van der Waals surface area contributed by atoms with Gasteiger partial charge in [-0.3, -0.25) is 14.7 Å². The van der Waals surface area contributed by atoms with Gasteiger partial charge in [0, 0.05) is 25.8 Å². The van der Waals surface area contributed by atoms with Gasteiger partial charge in [-0.1, -0.05) is 13.0 Å². The summed E-state index contributed by atoms with van der Waals surface area (Å²) in [5.74, 6) is -0.0723. The van der Waals surface area contributed by atoms with E-state index < -0.39 is 12.7 Å². The highest BCUT2D eigenvalue weighted by molar-refractivity contribution is 5.92. The lowest BCUT2D eigenvalue weighted by Gasteiger charge is -2.25. The molecular formula is C15H20F3N3O. The van der Waals surface area contributed by atoms with Gasteiger partial charge in [0.05, 0.1) is 6.54 Å². The monoisotopic (exact) mass is 315 g/mol. The van der Waals surface area contributed by atoms with Crippen LogP contribution in [0, 0.1) is 5.92 Å². The second-order valence-corrected chi connectivity index (χ2v) is 5.56. The molecule has 1 aliphatic heterocycles. The number of carbonyl (C=O) groups is 1. The maximum absolute atomic E-state index is 12.5. The van der Waals surface area contributed by atoms with Crippen LogP contribution in [0.3, 0.4) is 0 Å². The van der Waals surface area contributed by atoms with Gasteiger partial charge in [-0.15, -0.1) is 0 Å². The molecule has 0 spiro atoms. The molecule has 1 atom stereocenters. The van der Waals surface area contributed by atoms with E-state index in [-0.39, 0.29) is 11.8 Å². The van der Waals surface area contributed by atoms with Crippen molar-refractivity contribution in [2.75, 3.05) is 32.7 Å². The van der Waals surface area contributed by atoms with Gasteiger partial charge in [0.25, 0.3) is 5.91 Å². The summed E-state index contributed by atoms with van der Waals surface area (Å²) in [6.07, 6.45) is -1.89. The SMILES string of the molecule is CCN(C[C@@H]1CCN(C(=O)c2ccccn2)C1)CC(F)(F)F. The Morgan fingerprint density at radius 3 is 2.82 bits per heavy atom. The van der Waals surface area contributed by atoms with Crippen LogP contribution in [0.25, 0.3) is 0 Å². The third-order valence-electron chi connectivity index (χ3n) is 3.82. The molecule has 1 aromatic heterocycles. The van der Waals surface area contributed by atoms with E-state index in [1.165, 1.54) is 4.90 Å². The molecule has 0 aromatic carbocycles. The van der Waals surface area contributed by atoms with Crippen molar-refractivity contribution in [3.8, 4) is 0 Å². The Bertz CT molecular complexity index is 493. The topological polar surface area (TPSA) is 36.4 Å². The van der Waals surface area contributed by atoms with Crippen LogP contribution in [-0.4, -0.2) is 59.6 Å². The molecule has 1 amide bonds. The minimum Gasteiger partial charge on any atom is -0.337 e. The van der Waals surface area contributed by atoms with Crippen molar-refractivity contribution in [3.05, 3.63) is 30.1 Å². The van der Waals surface area contributed by atoms with Gasteiger partial charge in [0.1, 0.15) is 5.69 Å². The highest BCUT2D eigenvalue weighted by Crippen LogP contribution is 2.22. The zero-order valence-corrected chi connectivity index (χ0v) is 12.5. The average Bonchev–Trinajstić information content (AvgIpc) is 2.93. The van der Waals surface area contributed by atoms with Crippen molar-refractivity contribution >= 4 is 5.91 Å². The number of halogens is 3. The highest BCUT2D eigenvalue weighted by atomic mass is 19.4. The number of likely N-dealkylation sites (tertiary alicyclic amines) is 1. The molecule has 0 N–H and O–H groups in total. The number of nitrogens with zero attached hydrogens (tertiary/aromatic N) is 3. The fourth-order valence-corrected chi connectivity index (χ4v) is 2.74. The van der Waals surface area contributed by atoms with Crippen molar-refractivity contribution in [1.82, 2.24) is 14.8 Å². The van der Waals surface area contributed by atoms with Gasteiger partial charge in [0.2, 0.25) is 0 Å². The van der Waals surface area contributed by atoms with Crippen molar-refractivity contribution in [3.63, 3.8) is 0 Å². The van der Waals surface area contributed by atoms with E-state index in [1.54, 1.807) is 36.2 Å². The van der Waals surface area contributed by atoms with Crippen LogP contribution < -0.4 is 0 Å². The lowest BCUT2D eigenvalue weighted by molar-refractivity contribution is -0.146. The molecule has 0 radical (unpaired) electrons. The maximum Gasteiger partial charge on any atom is 0.401 e. The molecule has 2 rings (SSSR count). The Kier molecular flexibility index (Phi) is 5.39. The van der Waals surface area contributed by atoms with Gasteiger partial charge < -0.3 is 4.90 Å². The van der Waals surface area contributed by atoms with E-state index in [4.69, 9.17) is 0 Å². The fourth-order valence-electron chi connectivity index (χ4n) is 2.74. The molecule has 1 aromatic rings. The molecule has 1 saturated heterocycles. The molecule has 2 heterocycles. The smallest absolute Gasteiger partial charge is 0.337 e. The molecule has 7 heteroatoms. The largest absolute Gasteiger partial charge is 0.401 e. The lowest BCUT2D eigenvalue weighted by atomic mass is 10.1. The first kappa shape index (κ1) is 16.7. The summed E-state index contributed by atoms with van der Waals surface area (Å²) < 4.78 is 37.4. The first-order valence-electron chi connectivity index (χ1n) is 7.38. The van der Waals surface area contributed by atoms with Gasteiger partial charge in [-0.05, 0) is 31.0 Å². The van der Waals surface area contributed by atoms with Crippen LogP contribution in [0.15, 0.2) is 24.4 Å². The standard InChI is InChI=1S/C15H20F3N3O/c1-2-20(11-15(16,17)18)9-12-6-8-21(10-12)14(22)13-5-3-4-7-19-13/h3-5,7,12H,2,6,8-11H2,1H3/t12-/m0/s1. The maximum atomic E-state index is 12.5. The summed E-state index contributed by atoms with van der Waals surface area (Å²) in [4.78, 5) is 19.3. The van der Waals surface area contributed by atoms with E-state index in [0.29, 0.717) is 31.9 Å². The Labute approximate surface area is 127 Å². The van der Waals surface area contributed by atoms with E-state index in [2.05, 4.69) is 4.98 Å². The lowest BCUT2D eigenvalue weighted by Crippen LogP contribution is -2.38. The first-order chi connectivity index (χ1) is 10.4. The van der Waals surface area contributed by atoms with E-state index in [1.807, 2.05) is 0 Å². The van der Waals surface area contributed by atoms with E-state index in [0.717, 1.165) is 6.42 Å². The van der Waals surface area contributed by atoms with Crippen molar-refractivity contribution in [2.45, 2.75) is 19.5 Å². The minimum absolute atomic E-state index is 0.0787. The number of rotatable bonds is 5. The van der Waals surface area contributed by atoms with Crippen molar-refractivity contribution in [2.24, 2.45) is 5.92 Å². The summed E-state index contributed by atoms with van der Waals surface area (Å²) in [5, 5.41) is 0. The van der Waals surface area contributed by atoms with Gasteiger partial charge in [0.15, 0.2) is 0 Å². The molecule has 122 valence electrons. The molecule has 0 aliphatic carbocycles. The summed E-state index contributed by atoms with van der Waals surface area (Å²) in [7, 11) is 0. The van der Waals surface area contributed by atoms with E-state index >= 15 is 0 Å². The number of hydrogen-bond donors (Lipinski definition) is 0. The van der Waals surface area contributed by atoms with Crippen LogP contribution in [0.5, 0.6) is 0 Å². The summed E-state index contributed by atoms with van der Waals surface area (Å²) >= 11 is 0. The Hall–Kier alpha value is -1.63. The van der Waals surface area contributed by atoms with Crippen LogP contribution in [0.1, 0.15) is 23.8 Å². The van der Waals surface area contributed by atoms with Gasteiger partial charge >= 0.3 is 6.18 Å². The minimum atomic E-state index is -4.18. The molecule has 4 nitrogen and oxygen atoms in total. The highest BCUT2D eigenvalue weighted by Gasteiger charge is 2.33. The normalized spacial score (nSPS) is 19.0. The predicted molar refractivity (Wildman–Crippen MR) is 76.4 cm³/mol. The van der Waals surface area contributed by atoms with Crippen LogP contribution >= 0.6 is 0 Å². The Morgan fingerprint density at radius 1 is 1.45 bits per heavy atom. The second-order valence-electron chi connectivity index (χ2n) is 5.56. The van der Waals surface area contributed by atoms with Crippen LogP contribution in [-0.2, 0) is 0 Å². The Morgan fingerprint density at radius 2 is 2.23 bits per heavy atom. The molecule has 0 unspecified atom stereocenters. The number of carbonyl (C=O) groups excluding carboxylic acids is 1. The summed E-state index contributed by atoms with van der Waals surface area (Å²) in [5.41, 5.74) is 0.380. The third kappa shape index (κ3) is 4.69. The first-order valence-corrected chi connectivity index (χ1v) is 7.38. The van der Waals surface area contributed by atoms with Crippen molar-refractivity contribution in [1.29, 1.82) is 0 Å². The number of amides is 1.